The Hall–Kier alpha value is -1.57. The van der Waals surface area contributed by atoms with Crippen LogP contribution in [0.15, 0.2) is 42.0 Å². The fourth-order valence-electron chi connectivity index (χ4n) is 2.42. The molecule has 0 atom stereocenters. The molecule has 0 fully saturated rings. The number of fused-ring (bicyclic) bond motifs is 1. The van der Waals surface area contributed by atoms with Crippen LogP contribution in [-0.4, -0.2) is 40.9 Å². The standard InChI is InChI=1S/C17H25N5.HI/c1-5-6-7-11-21(4)17(18-3)19-12-15-13-22-14(2)9-8-10-16(22)20-15;/h5,8-10,13H,1,6-7,11-12H2,2-4H3,(H,18,19);1H. The van der Waals surface area contributed by atoms with Gasteiger partial charge in [0, 0.05) is 32.5 Å². The van der Waals surface area contributed by atoms with E-state index in [2.05, 4.69) is 50.4 Å². The summed E-state index contributed by atoms with van der Waals surface area (Å²) in [6.07, 6.45) is 6.12. The van der Waals surface area contributed by atoms with Crippen LogP contribution in [0.4, 0.5) is 0 Å². The van der Waals surface area contributed by atoms with Crippen molar-refractivity contribution < 1.29 is 0 Å². The van der Waals surface area contributed by atoms with E-state index < -0.39 is 0 Å². The van der Waals surface area contributed by atoms with Crippen molar-refractivity contribution in [1.29, 1.82) is 0 Å². The minimum atomic E-state index is 0. The van der Waals surface area contributed by atoms with E-state index in [-0.39, 0.29) is 24.0 Å². The molecule has 1 N–H and O–H groups in total. The molecule has 2 aromatic rings. The monoisotopic (exact) mass is 427 g/mol. The summed E-state index contributed by atoms with van der Waals surface area (Å²) in [6, 6.07) is 6.13. The summed E-state index contributed by atoms with van der Waals surface area (Å²) in [6.45, 7) is 7.45. The zero-order chi connectivity index (χ0) is 15.9. The second-order valence-corrected chi connectivity index (χ2v) is 5.38. The summed E-state index contributed by atoms with van der Waals surface area (Å²) in [5.41, 5.74) is 3.17. The predicted octanol–water partition coefficient (Wildman–Crippen LogP) is 3.23. The fourth-order valence-corrected chi connectivity index (χ4v) is 2.42. The Bertz CT molecular complexity index is 662. The number of guanidine groups is 1. The Morgan fingerprint density at radius 2 is 2.26 bits per heavy atom. The first-order chi connectivity index (χ1) is 10.7. The van der Waals surface area contributed by atoms with Crippen LogP contribution < -0.4 is 5.32 Å². The third-order valence-corrected chi connectivity index (χ3v) is 3.65. The normalized spacial score (nSPS) is 11.2. The number of allylic oxidation sites excluding steroid dienone is 1. The number of hydrogen-bond acceptors (Lipinski definition) is 2. The van der Waals surface area contributed by atoms with Crippen molar-refractivity contribution >= 4 is 35.6 Å². The number of imidazole rings is 1. The Morgan fingerprint density at radius 1 is 1.48 bits per heavy atom. The van der Waals surface area contributed by atoms with Crippen molar-refractivity contribution in [3.8, 4) is 0 Å². The van der Waals surface area contributed by atoms with E-state index in [0.29, 0.717) is 6.54 Å². The molecule has 23 heavy (non-hydrogen) atoms. The van der Waals surface area contributed by atoms with E-state index in [1.165, 1.54) is 5.69 Å². The molecule has 0 aliphatic heterocycles. The predicted molar refractivity (Wildman–Crippen MR) is 108 cm³/mol. The molecule has 0 aromatic carbocycles. The van der Waals surface area contributed by atoms with Crippen LogP contribution in [0.25, 0.3) is 5.65 Å². The summed E-state index contributed by atoms with van der Waals surface area (Å²) < 4.78 is 2.10. The quantitative estimate of drug-likeness (QED) is 0.253. The van der Waals surface area contributed by atoms with Gasteiger partial charge in [0.2, 0.25) is 0 Å². The lowest BCUT2D eigenvalue weighted by molar-refractivity contribution is 0.469. The summed E-state index contributed by atoms with van der Waals surface area (Å²) in [5, 5.41) is 3.37. The number of aromatic nitrogens is 2. The average molecular weight is 427 g/mol. The molecular formula is C17H26IN5. The SMILES string of the molecule is C=CCCCN(C)C(=NC)NCc1cn2c(C)cccc2n1.I. The molecule has 2 heterocycles. The average Bonchev–Trinajstić information content (AvgIpc) is 2.93. The van der Waals surface area contributed by atoms with Crippen molar-refractivity contribution in [2.45, 2.75) is 26.3 Å². The van der Waals surface area contributed by atoms with E-state index in [9.17, 15) is 0 Å². The highest BCUT2D eigenvalue weighted by Crippen LogP contribution is 2.08. The third kappa shape index (κ3) is 5.23. The number of halogens is 1. The molecule has 0 bridgehead atoms. The highest BCUT2D eigenvalue weighted by molar-refractivity contribution is 14.0. The molecule has 6 heteroatoms. The van der Waals surface area contributed by atoms with E-state index in [4.69, 9.17) is 0 Å². The minimum absolute atomic E-state index is 0. The van der Waals surface area contributed by atoms with Crippen LogP contribution in [0.3, 0.4) is 0 Å². The molecule has 0 spiro atoms. The van der Waals surface area contributed by atoms with Gasteiger partial charge in [-0.1, -0.05) is 12.1 Å². The van der Waals surface area contributed by atoms with Crippen molar-refractivity contribution in [3.63, 3.8) is 0 Å². The second-order valence-electron chi connectivity index (χ2n) is 5.38. The number of aryl methyl sites for hydroxylation is 1. The molecule has 2 aromatic heterocycles. The maximum Gasteiger partial charge on any atom is 0.193 e. The summed E-state index contributed by atoms with van der Waals surface area (Å²) in [4.78, 5) is 11.1. The van der Waals surface area contributed by atoms with Gasteiger partial charge >= 0.3 is 0 Å². The van der Waals surface area contributed by atoms with Crippen LogP contribution in [-0.2, 0) is 6.54 Å². The molecule has 0 amide bonds. The van der Waals surface area contributed by atoms with Gasteiger partial charge in [-0.2, -0.15) is 0 Å². The molecule has 0 saturated carbocycles. The van der Waals surface area contributed by atoms with Gasteiger partial charge < -0.3 is 14.6 Å². The molecule has 0 aliphatic carbocycles. The van der Waals surface area contributed by atoms with Gasteiger partial charge in [0.15, 0.2) is 5.96 Å². The number of pyridine rings is 1. The minimum Gasteiger partial charge on any atom is -0.351 e. The van der Waals surface area contributed by atoms with Crippen molar-refractivity contribution in [1.82, 2.24) is 19.6 Å². The molecule has 2 rings (SSSR count). The Kier molecular flexibility index (Phi) is 8.08. The van der Waals surface area contributed by atoms with Crippen LogP contribution in [0.2, 0.25) is 0 Å². The van der Waals surface area contributed by atoms with Gasteiger partial charge in [0.1, 0.15) is 5.65 Å². The summed E-state index contributed by atoms with van der Waals surface area (Å²) in [7, 11) is 3.85. The van der Waals surface area contributed by atoms with Crippen LogP contribution in [0, 0.1) is 6.92 Å². The Labute approximate surface area is 155 Å². The van der Waals surface area contributed by atoms with Gasteiger partial charge in [0.05, 0.1) is 12.2 Å². The Morgan fingerprint density at radius 3 is 2.91 bits per heavy atom. The van der Waals surface area contributed by atoms with Gasteiger partial charge in [-0.05, 0) is 31.9 Å². The highest BCUT2D eigenvalue weighted by Gasteiger charge is 2.07. The largest absolute Gasteiger partial charge is 0.351 e. The number of rotatable bonds is 6. The first-order valence-electron chi connectivity index (χ1n) is 7.62. The topological polar surface area (TPSA) is 44.9 Å². The highest BCUT2D eigenvalue weighted by atomic mass is 127. The van der Waals surface area contributed by atoms with E-state index in [0.717, 1.165) is 36.7 Å². The molecule has 0 aliphatic rings. The first-order valence-corrected chi connectivity index (χ1v) is 7.62. The van der Waals surface area contributed by atoms with Crippen molar-refractivity contribution in [3.05, 3.63) is 48.4 Å². The molecular weight excluding hydrogens is 401 g/mol. The molecule has 0 unspecified atom stereocenters. The molecule has 0 radical (unpaired) electrons. The van der Waals surface area contributed by atoms with Crippen molar-refractivity contribution in [2.24, 2.45) is 4.99 Å². The maximum atomic E-state index is 4.63. The lowest BCUT2D eigenvalue weighted by atomic mass is 10.3. The first kappa shape index (κ1) is 19.5. The van der Waals surface area contributed by atoms with E-state index in [1.807, 2.05) is 25.3 Å². The number of unbranched alkanes of at least 4 members (excludes halogenated alkanes) is 1. The molecule has 126 valence electrons. The number of nitrogens with zero attached hydrogens (tertiary/aromatic N) is 4. The number of nitrogens with one attached hydrogen (secondary N) is 1. The lowest BCUT2D eigenvalue weighted by Crippen LogP contribution is -2.39. The maximum absolute atomic E-state index is 4.63. The number of aliphatic imine (C=N–C) groups is 1. The number of hydrogen-bond donors (Lipinski definition) is 1. The van der Waals surface area contributed by atoms with Gasteiger partial charge in [-0.15, -0.1) is 30.6 Å². The van der Waals surface area contributed by atoms with E-state index >= 15 is 0 Å². The van der Waals surface area contributed by atoms with Gasteiger partial charge in [-0.3, -0.25) is 4.99 Å². The molecule has 5 nitrogen and oxygen atoms in total. The van der Waals surface area contributed by atoms with Crippen LogP contribution in [0.5, 0.6) is 0 Å². The zero-order valence-corrected chi connectivity index (χ0v) is 16.4. The molecule has 0 saturated heterocycles. The zero-order valence-electron chi connectivity index (χ0n) is 14.1. The fraction of sp³-hybridized carbons (Fsp3) is 0.412. The summed E-state index contributed by atoms with van der Waals surface area (Å²) >= 11 is 0. The second kappa shape index (κ2) is 9.54. The third-order valence-electron chi connectivity index (χ3n) is 3.65. The lowest BCUT2D eigenvalue weighted by Gasteiger charge is -2.21. The Balaban J connectivity index is 0.00000264. The van der Waals surface area contributed by atoms with E-state index in [1.54, 1.807) is 7.05 Å². The van der Waals surface area contributed by atoms with Gasteiger partial charge in [0.25, 0.3) is 0 Å². The smallest absolute Gasteiger partial charge is 0.193 e. The van der Waals surface area contributed by atoms with Gasteiger partial charge in [-0.25, -0.2) is 4.98 Å². The van der Waals surface area contributed by atoms with Crippen LogP contribution >= 0.6 is 24.0 Å². The van der Waals surface area contributed by atoms with Crippen LogP contribution in [0.1, 0.15) is 24.2 Å². The van der Waals surface area contributed by atoms with Crippen molar-refractivity contribution in [2.75, 3.05) is 20.6 Å². The summed E-state index contributed by atoms with van der Waals surface area (Å²) in [5.74, 6) is 0.887.